The number of thioether (sulfide) groups is 1. The van der Waals surface area contributed by atoms with Gasteiger partial charge in [-0.1, -0.05) is 46.3 Å². The van der Waals surface area contributed by atoms with Gasteiger partial charge < -0.3 is 15.2 Å². The lowest BCUT2D eigenvalue weighted by Crippen LogP contribution is -2.47. The van der Waals surface area contributed by atoms with Crippen molar-refractivity contribution >= 4 is 50.4 Å². The number of hydrogen-bond acceptors (Lipinski definition) is 3. The molecule has 1 unspecified atom stereocenters. The van der Waals surface area contributed by atoms with Crippen molar-refractivity contribution in [2.45, 2.75) is 12.6 Å². The fraction of sp³-hybridized carbons (Fsp3) is 0.200. The van der Waals surface area contributed by atoms with Crippen LogP contribution in [-0.4, -0.2) is 39.4 Å². The standard InChI is InChI=1S/C20H18BrN3O2S/c21-14-5-3-4-13(8-14)9-23-19(25)18-11-27-12-24(18)20(26)16-10-22-17-7-2-1-6-15(16)17/h1-8,10,18,22H,9,11-12H2,(H,23,25). The predicted molar refractivity (Wildman–Crippen MR) is 112 cm³/mol. The number of carbonyl (C=O) groups excluding carboxylic acids is 2. The second-order valence-electron chi connectivity index (χ2n) is 6.39. The molecule has 2 amide bonds. The Morgan fingerprint density at radius 3 is 2.93 bits per heavy atom. The van der Waals surface area contributed by atoms with Crippen LogP contribution in [0.2, 0.25) is 0 Å². The van der Waals surface area contributed by atoms with Crippen molar-refractivity contribution < 1.29 is 9.59 Å². The Balaban J connectivity index is 1.48. The lowest BCUT2D eigenvalue weighted by atomic mass is 10.1. The number of hydrogen-bond donors (Lipinski definition) is 2. The minimum atomic E-state index is -0.455. The maximum Gasteiger partial charge on any atom is 0.257 e. The Morgan fingerprint density at radius 1 is 1.22 bits per heavy atom. The lowest BCUT2D eigenvalue weighted by Gasteiger charge is -2.23. The summed E-state index contributed by atoms with van der Waals surface area (Å²) in [4.78, 5) is 30.6. The molecule has 138 valence electrons. The molecular formula is C20H18BrN3O2S. The lowest BCUT2D eigenvalue weighted by molar-refractivity contribution is -0.124. The summed E-state index contributed by atoms with van der Waals surface area (Å²) < 4.78 is 0.974. The van der Waals surface area contributed by atoms with E-state index >= 15 is 0 Å². The summed E-state index contributed by atoms with van der Waals surface area (Å²) in [6.45, 7) is 0.439. The van der Waals surface area contributed by atoms with Crippen molar-refractivity contribution in [2.75, 3.05) is 11.6 Å². The van der Waals surface area contributed by atoms with Gasteiger partial charge in [0.2, 0.25) is 5.91 Å². The molecule has 0 aliphatic carbocycles. The first-order valence-corrected chi connectivity index (χ1v) is 10.6. The molecule has 3 aromatic rings. The number of aromatic amines is 1. The molecular weight excluding hydrogens is 426 g/mol. The van der Waals surface area contributed by atoms with E-state index in [0.717, 1.165) is 20.9 Å². The van der Waals surface area contributed by atoms with E-state index in [1.54, 1.807) is 22.9 Å². The van der Waals surface area contributed by atoms with E-state index in [9.17, 15) is 9.59 Å². The van der Waals surface area contributed by atoms with Gasteiger partial charge in [0.05, 0.1) is 11.4 Å². The number of rotatable bonds is 4. The summed E-state index contributed by atoms with van der Waals surface area (Å²) in [5.41, 5.74) is 2.54. The number of nitrogens with zero attached hydrogens (tertiary/aromatic N) is 1. The van der Waals surface area contributed by atoms with Gasteiger partial charge in [0.1, 0.15) is 6.04 Å². The highest BCUT2D eigenvalue weighted by atomic mass is 79.9. The molecule has 1 aromatic heterocycles. The summed E-state index contributed by atoms with van der Waals surface area (Å²) in [6, 6.07) is 15.1. The van der Waals surface area contributed by atoms with Gasteiger partial charge in [-0.25, -0.2) is 0 Å². The van der Waals surface area contributed by atoms with Crippen molar-refractivity contribution in [3.8, 4) is 0 Å². The van der Waals surface area contributed by atoms with Crippen LogP contribution in [0.1, 0.15) is 15.9 Å². The zero-order valence-corrected chi connectivity index (χ0v) is 16.8. The first kappa shape index (κ1) is 18.1. The summed E-state index contributed by atoms with van der Waals surface area (Å²) in [7, 11) is 0. The van der Waals surface area contributed by atoms with E-state index in [2.05, 4.69) is 26.2 Å². The summed E-state index contributed by atoms with van der Waals surface area (Å²) >= 11 is 5.03. The number of fused-ring (bicyclic) bond motifs is 1. The quantitative estimate of drug-likeness (QED) is 0.644. The Bertz CT molecular complexity index is 1000. The summed E-state index contributed by atoms with van der Waals surface area (Å²) in [5, 5.41) is 3.84. The number of H-pyrrole nitrogens is 1. The van der Waals surface area contributed by atoms with Crippen molar-refractivity contribution in [1.29, 1.82) is 0 Å². The molecule has 27 heavy (non-hydrogen) atoms. The second kappa shape index (κ2) is 7.78. The second-order valence-corrected chi connectivity index (χ2v) is 8.30. The van der Waals surface area contributed by atoms with E-state index in [-0.39, 0.29) is 11.8 Å². The van der Waals surface area contributed by atoms with Gasteiger partial charge in [0.15, 0.2) is 0 Å². The third-order valence-corrected chi connectivity index (χ3v) is 6.13. The third-order valence-electron chi connectivity index (χ3n) is 4.62. The van der Waals surface area contributed by atoms with Crippen LogP contribution in [0.5, 0.6) is 0 Å². The molecule has 2 aromatic carbocycles. The van der Waals surface area contributed by atoms with Crippen molar-refractivity contribution in [3.05, 3.63) is 70.3 Å². The number of halogens is 1. The van der Waals surface area contributed by atoms with Crippen molar-refractivity contribution in [2.24, 2.45) is 0 Å². The maximum atomic E-state index is 13.1. The largest absolute Gasteiger partial charge is 0.360 e. The SMILES string of the molecule is O=C(NCc1cccc(Br)c1)C1CSCN1C(=O)c1c[nH]c2ccccc12. The van der Waals surface area contributed by atoms with Crippen LogP contribution in [0, 0.1) is 0 Å². The molecule has 7 heteroatoms. The van der Waals surface area contributed by atoms with Crippen molar-refractivity contribution in [3.63, 3.8) is 0 Å². The molecule has 1 aliphatic heterocycles. The molecule has 5 nitrogen and oxygen atoms in total. The van der Waals surface area contributed by atoms with E-state index in [1.807, 2.05) is 48.5 Å². The molecule has 0 saturated carbocycles. The molecule has 2 heterocycles. The zero-order chi connectivity index (χ0) is 18.8. The van der Waals surface area contributed by atoms with E-state index < -0.39 is 6.04 Å². The topological polar surface area (TPSA) is 65.2 Å². The number of para-hydroxylation sites is 1. The van der Waals surface area contributed by atoms with Crippen LogP contribution in [0.25, 0.3) is 10.9 Å². The fourth-order valence-corrected chi connectivity index (χ4v) is 4.82. The smallest absolute Gasteiger partial charge is 0.257 e. The fourth-order valence-electron chi connectivity index (χ4n) is 3.22. The first-order valence-electron chi connectivity index (χ1n) is 8.60. The summed E-state index contributed by atoms with van der Waals surface area (Å²) in [6.07, 6.45) is 1.73. The maximum absolute atomic E-state index is 13.1. The van der Waals surface area contributed by atoms with Gasteiger partial charge in [0.25, 0.3) is 5.91 Å². The molecule has 1 aliphatic rings. The molecule has 2 N–H and O–H groups in total. The van der Waals surface area contributed by atoms with Gasteiger partial charge in [-0.05, 0) is 23.8 Å². The number of carbonyl (C=O) groups is 2. The number of benzene rings is 2. The van der Waals surface area contributed by atoms with Crippen LogP contribution in [0.15, 0.2) is 59.2 Å². The molecule has 1 atom stereocenters. The molecule has 4 rings (SSSR count). The van der Waals surface area contributed by atoms with Gasteiger partial charge >= 0.3 is 0 Å². The van der Waals surface area contributed by atoms with Gasteiger partial charge in [-0.2, -0.15) is 0 Å². The van der Waals surface area contributed by atoms with Gasteiger partial charge in [-0.15, -0.1) is 11.8 Å². The predicted octanol–water partition coefficient (Wildman–Crippen LogP) is 3.76. The molecule has 0 spiro atoms. The van der Waals surface area contributed by atoms with Crippen molar-refractivity contribution in [1.82, 2.24) is 15.2 Å². The normalized spacial score (nSPS) is 16.6. The Kier molecular flexibility index (Phi) is 5.22. The average molecular weight is 444 g/mol. The Morgan fingerprint density at radius 2 is 2.07 bits per heavy atom. The number of aromatic nitrogens is 1. The van der Waals surface area contributed by atoms with Crippen LogP contribution in [-0.2, 0) is 11.3 Å². The molecule has 0 bridgehead atoms. The highest BCUT2D eigenvalue weighted by Crippen LogP contribution is 2.26. The van der Waals surface area contributed by atoms with Crippen LogP contribution < -0.4 is 5.32 Å². The van der Waals surface area contributed by atoms with Crippen LogP contribution in [0.3, 0.4) is 0 Å². The Labute approximate surface area is 169 Å². The highest BCUT2D eigenvalue weighted by Gasteiger charge is 2.35. The van der Waals surface area contributed by atoms with Crippen LogP contribution in [0.4, 0.5) is 0 Å². The third kappa shape index (κ3) is 3.75. The van der Waals surface area contributed by atoms with Crippen LogP contribution >= 0.6 is 27.7 Å². The Hall–Kier alpha value is -2.25. The molecule has 1 fully saturated rings. The zero-order valence-electron chi connectivity index (χ0n) is 14.4. The minimum absolute atomic E-state index is 0.111. The van der Waals surface area contributed by atoms with E-state index in [1.165, 1.54) is 0 Å². The number of nitrogens with one attached hydrogen (secondary N) is 2. The average Bonchev–Trinajstić information content (AvgIpc) is 3.33. The van der Waals surface area contributed by atoms with Gasteiger partial charge in [-0.3, -0.25) is 9.59 Å². The van der Waals surface area contributed by atoms with E-state index in [0.29, 0.717) is 23.7 Å². The van der Waals surface area contributed by atoms with Gasteiger partial charge in [0, 0.05) is 33.9 Å². The summed E-state index contributed by atoms with van der Waals surface area (Å²) in [5.74, 6) is 0.902. The highest BCUT2D eigenvalue weighted by molar-refractivity contribution is 9.10. The van der Waals surface area contributed by atoms with E-state index in [4.69, 9.17) is 0 Å². The first-order chi connectivity index (χ1) is 13.1. The molecule has 1 saturated heterocycles. The minimum Gasteiger partial charge on any atom is -0.360 e. The monoisotopic (exact) mass is 443 g/mol. The molecule has 0 radical (unpaired) electrons. The number of amides is 2.